The lowest BCUT2D eigenvalue weighted by Gasteiger charge is -2.15. The van der Waals surface area contributed by atoms with Gasteiger partial charge in [0.2, 0.25) is 0 Å². The van der Waals surface area contributed by atoms with Crippen LogP contribution in [0.25, 0.3) is 21.8 Å². The topological polar surface area (TPSA) is 49.1 Å². The Labute approximate surface area is 154 Å². The fourth-order valence-electron chi connectivity index (χ4n) is 3.42. The molecule has 1 saturated carbocycles. The SMILES string of the molecule is C[Si](C)(C)CCOCn1ncc2ccc3cc(C=O)n(CC4CC4)c3c21. The maximum atomic E-state index is 11.6. The fourth-order valence-corrected chi connectivity index (χ4v) is 4.18. The van der Waals surface area contributed by atoms with Crippen LogP contribution >= 0.6 is 0 Å². The molecular formula is C20H27N3O2Si. The van der Waals surface area contributed by atoms with Crippen LogP contribution in [0.4, 0.5) is 0 Å². The summed E-state index contributed by atoms with van der Waals surface area (Å²) in [5.41, 5.74) is 2.94. The molecule has 2 aromatic heterocycles. The number of hydrogen-bond acceptors (Lipinski definition) is 3. The molecule has 1 aromatic carbocycles. The summed E-state index contributed by atoms with van der Waals surface area (Å²) in [4.78, 5) is 11.6. The summed E-state index contributed by atoms with van der Waals surface area (Å²) < 4.78 is 10.1. The number of hydrogen-bond donors (Lipinski definition) is 0. The zero-order chi connectivity index (χ0) is 18.3. The molecule has 0 radical (unpaired) electrons. The molecule has 1 fully saturated rings. The minimum atomic E-state index is -1.10. The number of carbonyl (C=O) groups excluding carboxylic acids is 1. The van der Waals surface area contributed by atoms with Gasteiger partial charge in [0.1, 0.15) is 6.73 Å². The van der Waals surface area contributed by atoms with Gasteiger partial charge in [-0.3, -0.25) is 4.79 Å². The molecule has 1 aliphatic carbocycles. The van der Waals surface area contributed by atoms with E-state index in [1.165, 1.54) is 12.8 Å². The molecule has 4 rings (SSSR count). The first kappa shape index (κ1) is 17.5. The Hall–Kier alpha value is -1.92. The van der Waals surface area contributed by atoms with Crippen LogP contribution in [0.2, 0.25) is 25.7 Å². The van der Waals surface area contributed by atoms with Gasteiger partial charge in [-0.15, -0.1) is 0 Å². The molecule has 0 unspecified atom stereocenters. The summed E-state index contributed by atoms with van der Waals surface area (Å²) >= 11 is 0. The van der Waals surface area contributed by atoms with Crippen LogP contribution in [0.5, 0.6) is 0 Å². The van der Waals surface area contributed by atoms with Crippen LogP contribution in [0.15, 0.2) is 24.4 Å². The van der Waals surface area contributed by atoms with Gasteiger partial charge in [0.05, 0.1) is 22.9 Å². The summed E-state index contributed by atoms with van der Waals surface area (Å²) in [6.07, 6.45) is 5.38. The summed E-state index contributed by atoms with van der Waals surface area (Å²) in [6, 6.07) is 7.31. The third kappa shape index (κ3) is 3.48. The highest BCUT2D eigenvalue weighted by Crippen LogP contribution is 2.35. The van der Waals surface area contributed by atoms with E-state index < -0.39 is 8.07 Å². The molecular weight excluding hydrogens is 342 g/mol. The first-order valence-corrected chi connectivity index (χ1v) is 13.2. The number of rotatable bonds is 8. The van der Waals surface area contributed by atoms with Gasteiger partial charge in [-0.2, -0.15) is 5.10 Å². The molecule has 0 amide bonds. The highest BCUT2D eigenvalue weighted by molar-refractivity contribution is 6.76. The van der Waals surface area contributed by atoms with Crippen LogP contribution in [0.3, 0.4) is 0 Å². The lowest BCUT2D eigenvalue weighted by Crippen LogP contribution is -2.22. The summed E-state index contributed by atoms with van der Waals surface area (Å²) in [6.45, 7) is 9.21. The summed E-state index contributed by atoms with van der Waals surface area (Å²) in [7, 11) is -1.10. The van der Waals surface area contributed by atoms with Crippen molar-refractivity contribution in [1.29, 1.82) is 0 Å². The Morgan fingerprint density at radius 3 is 2.69 bits per heavy atom. The van der Waals surface area contributed by atoms with Gasteiger partial charge in [-0.05, 0) is 30.9 Å². The van der Waals surface area contributed by atoms with E-state index in [9.17, 15) is 4.79 Å². The van der Waals surface area contributed by atoms with Crippen molar-refractivity contribution in [3.05, 3.63) is 30.1 Å². The predicted molar refractivity (Wildman–Crippen MR) is 107 cm³/mol. The highest BCUT2D eigenvalue weighted by atomic mass is 28.3. The Morgan fingerprint density at radius 2 is 2.00 bits per heavy atom. The maximum Gasteiger partial charge on any atom is 0.166 e. The molecule has 0 N–H and O–H groups in total. The van der Waals surface area contributed by atoms with E-state index in [1.807, 2.05) is 16.9 Å². The second kappa shape index (κ2) is 6.67. The fraction of sp³-hybridized carbons (Fsp3) is 0.500. The number of carbonyl (C=O) groups is 1. The second-order valence-electron chi connectivity index (χ2n) is 8.67. The van der Waals surface area contributed by atoms with Crippen LogP contribution in [0, 0.1) is 5.92 Å². The van der Waals surface area contributed by atoms with Gasteiger partial charge < -0.3 is 9.30 Å². The number of fused-ring (bicyclic) bond motifs is 3. The normalized spacial score (nSPS) is 15.2. The first-order chi connectivity index (χ1) is 12.5. The number of aldehydes is 1. The second-order valence-corrected chi connectivity index (χ2v) is 14.3. The van der Waals surface area contributed by atoms with Crippen LogP contribution in [-0.4, -0.2) is 35.3 Å². The Balaban J connectivity index is 1.70. The van der Waals surface area contributed by atoms with Crippen LogP contribution in [0.1, 0.15) is 23.3 Å². The van der Waals surface area contributed by atoms with Crippen LogP contribution in [-0.2, 0) is 18.0 Å². The Kier molecular flexibility index (Phi) is 4.48. The Bertz CT molecular complexity index is 947. The van der Waals surface area contributed by atoms with Crippen LogP contribution < -0.4 is 0 Å². The first-order valence-electron chi connectivity index (χ1n) is 9.47. The standard InChI is InChI=1S/C20H27N3O2Si/c1-26(2,3)9-8-25-14-23-20-17(11-21-23)7-6-16-10-18(13-24)22(19(16)20)12-15-4-5-15/h6-7,10-11,13,15H,4-5,8-9,12,14H2,1-3H3. The number of nitrogens with zero attached hydrogens (tertiary/aromatic N) is 3. The number of benzene rings is 1. The molecule has 0 saturated heterocycles. The molecule has 0 aliphatic heterocycles. The van der Waals surface area contributed by atoms with E-state index in [1.54, 1.807) is 0 Å². The zero-order valence-corrected chi connectivity index (χ0v) is 16.9. The monoisotopic (exact) mass is 369 g/mol. The zero-order valence-electron chi connectivity index (χ0n) is 15.9. The van der Waals surface area contributed by atoms with Crippen molar-refractivity contribution in [3.63, 3.8) is 0 Å². The van der Waals surface area contributed by atoms with Crippen molar-refractivity contribution in [2.45, 2.75) is 51.8 Å². The minimum Gasteiger partial charge on any atom is -0.360 e. The lowest BCUT2D eigenvalue weighted by molar-refractivity contribution is 0.0818. The molecule has 2 heterocycles. The third-order valence-corrected chi connectivity index (χ3v) is 6.87. The van der Waals surface area contributed by atoms with Gasteiger partial charge in [-0.1, -0.05) is 31.8 Å². The van der Waals surface area contributed by atoms with Gasteiger partial charge in [0, 0.05) is 32.0 Å². The van der Waals surface area contributed by atoms with E-state index in [2.05, 4.69) is 41.4 Å². The largest absolute Gasteiger partial charge is 0.360 e. The quantitative estimate of drug-likeness (QED) is 0.333. The van der Waals surface area contributed by atoms with E-state index >= 15 is 0 Å². The van der Waals surface area contributed by atoms with Gasteiger partial charge in [0.25, 0.3) is 0 Å². The van der Waals surface area contributed by atoms with E-state index in [0.717, 1.165) is 53.0 Å². The summed E-state index contributed by atoms with van der Waals surface area (Å²) in [5.74, 6) is 0.698. The molecule has 5 nitrogen and oxygen atoms in total. The average Bonchev–Trinajstić information content (AvgIpc) is 3.20. The van der Waals surface area contributed by atoms with E-state index in [-0.39, 0.29) is 0 Å². The number of aromatic nitrogens is 3. The van der Waals surface area contributed by atoms with Crippen molar-refractivity contribution in [1.82, 2.24) is 14.3 Å². The smallest absolute Gasteiger partial charge is 0.166 e. The van der Waals surface area contributed by atoms with E-state index in [4.69, 9.17) is 4.74 Å². The minimum absolute atomic E-state index is 0.456. The molecule has 0 bridgehead atoms. The molecule has 3 aromatic rings. The number of ether oxygens (including phenoxy) is 1. The predicted octanol–water partition coefficient (Wildman–Crippen LogP) is 4.53. The van der Waals surface area contributed by atoms with Crippen molar-refractivity contribution in [2.24, 2.45) is 5.92 Å². The lowest BCUT2D eigenvalue weighted by atomic mass is 10.2. The van der Waals surface area contributed by atoms with Crippen molar-refractivity contribution >= 4 is 36.2 Å². The molecule has 0 atom stereocenters. The molecule has 138 valence electrons. The van der Waals surface area contributed by atoms with E-state index in [0.29, 0.717) is 12.6 Å². The van der Waals surface area contributed by atoms with Crippen molar-refractivity contribution in [2.75, 3.05) is 6.61 Å². The Morgan fingerprint density at radius 1 is 1.23 bits per heavy atom. The molecule has 1 aliphatic rings. The van der Waals surface area contributed by atoms with Gasteiger partial charge in [0.15, 0.2) is 6.29 Å². The molecule has 0 spiro atoms. The van der Waals surface area contributed by atoms with Gasteiger partial charge in [-0.25, -0.2) is 4.68 Å². The molecule has 6 heteroatoms. The van der Waals surface area contributed by atoms with Crippen molar-refractivity contribution in [3.8, 4) is 0 Å². The highest BCUT2D eigenvalue weighted by Gasteiger charge is 2.25. The molecule has 26 heavy (non-hydrogen) atoms. The average molecular weight is 370 g/mol. The maximum absolute atomic E-state index is 11.6. The van der Waals surface area contributed by atoms with Gasteiger partial charge >= 0.3 is 0 Å². The third-order valence-electron chi connectivity index (χ3n) is 5.16. The van der Waals surface area contributed by atoms with Crippen molar-refractivity contribution < 1.29 is 9.53 Å². The summed E-state index contributed by atoms with van der Waals surface area (Å²) in [5, 5.41) is 6.75.